The predicted octanol–water partition coefficient (Wildman–Crippen LogP) is 4.12. The zero-order chi connectivity index (χ0) is 13.3. The number of hydrogen-bond acceptors (Lipinski definition) is 4. The molecule has 100 valence electrons. The molecule has 0 saturated carbocycles. The van der Waals surface area contributed by atoms with Gasteiger partial charge in [-0.05, 0) is 17.9 Å². The second kappa shape index (κ2) is 8.12. The molecule has 2 rings (SSSR count). The van der Waals surface area contributed by atoms with Crippen LogP contribution in [0.2, 0.25) is 0 Å². The number of pyridine rings is 1. The first-order valence-corrected chi connectivity index (χ1v) is 8.52. The standard InChI is InChI=1S/C15H17NOS2/c1-18-10-11-19-15-9-5-8-14(16-15)17-12-13-6-3-2-4-7-13/h2-9H,10-12H2,1H3. The van der Waals surface area contributed by atoms with Gasteiger partial charge in [-0.1, -0.05) is 36.4 Å². The minimum atomic E-state index is 0.562. The zero-order valence-corrected chi connectivity index (χ0v) is 12.5. The Morgan fingerprint density at radius 2 is 1.84 bits per heavy atom. The molecule has 0 fully saturated rings. The molecule has 0 amide bonds. The summed E-state index contributed by atoms with van der Waals surface area (Å²) in [5, 5.41) is 1.03. The Morgan fingerprint density at radius 3 is 2.63 bits per heavy atom. The number of nitrogens with zero attached hydrogens (tertiary/aromatic N) is 1. The number of rotatable bonds is 7. The van der Waals surface area contributed by atoms with Crippen LogP contribution in [-0.4, -0.2) is 22.7 Å². The number of thioether (sulfide) groups is 2. The van der Waals surface area contributed by atoms with Gasteiger partial charge in [-0.15, -0.1) is 11.8 Å². The Bertz CT molecular complexity index is 491. The molecule has 1 aromatic heterocycles. The lowest BCUT2D eigenvalue weighted by Gasteiger charge is -2.06. The fourth-order valence-corrected chi connectivity index (χ4v) is 3.06. The maximum Gasteiger partial charge on any atom is 0.214 e. The fourth-order valence-electron chi connectivity index (χ4n) is 1.52. The zero-order valence-electron chi connectivity index (χ0n) is 10.9. The van der Waals surface area contributed by atoms with E-state index in [0.717, 1.165) is 22.1 Å². The molecule has 0 aliphatic carbocycles. The van der Waals surface area contributed by atoms with Gasteiger partial charge in [-0.3, -0.25) is 0 Å². The molecule has 2 aromatic rings. The highest BCUT2D eigenvalue weighted by molar-refractivity contribution is 8.02. The first-order valence-electron chi connectivity index (χ1n) is 6.14. The van der Waals surface area contributed by atoms with Crippen molar-refractivity contribution in [2.75, 3.05) is 17.8 Å². The lowest BCUT2D eigenvalue weighted by molar-refractivity contribution is 0.292. The number of aromatic nitrogens is 1. The van der Waals surface area contributed by atoms with Crippen molar-refractivity contribution in [3.63, 3.8) is 0 Å². The molecule has 0 unspecified atom stereocenters. The highest BCUT2D eigenvalue weighted by Crippen LogP contribution is 2.19. The summed E-state index contributed by atoms with van der Waals surface area (Å²) in [6.45, 7) is 0.562. The van der Waals surface area contributed by atoms with Crippen LogP contribution in [0.15, 0.2) is 53.6 Å². The largest absolute Gasteiger partial charge is 0.473 e. The summed E-state index contributed by atoms with van der Waals surface area (Å²) in [6.07, 6.45) is 2.12. The summed E-state index contributed by atoms with van der Waals surface area (Å²) in [5.74, 6) is 2.91. The molecule has 0 atom stereocenters. The minimum Gasteiger partial charge on any atom is -0.473 e. The van der Waals surface area contributed by atoms with E-state index in [4.69, 9.17) is 4.74 Å². The second-order valence-corrected chi connectivity index (χ2v) is 6.03. The molecule has 19 heavy (non-hydrogen) atoms. The van der Waals surface area contributed by atoms with E-state index in [9.17, 15) is 0 Å². The third-order valence-corrected chi connectivity index (χ3v) is 4.27. The van der Waals surface area contributed by atoms with Crippen LogP contribution in [0.4, 0.5) is 0 Å². The van der Waals surface area contributed by atoms with E-state index < -0.39 is 0 Å². The quantitative estimate of drug-likeness (QED) is 0.565. The molecule has 1 aromatic carbocycles. The van der Waals surface area contributed by atoms with Crippen LogP contribution in [0.25, 0.3) is 0 Å². The van der Waals surface area contributed by atoms with Gasteiger partial charge in [0.2, 0.25) is 5.88 Å². The summed E-state index contributed by atoms with van der Waals surface area (Å²) < 4.78 is 5.71. The number of benzene rings is 1. The maximum absolute atomic E-state index is 5.71. The topological polar surface area (TPSA) is 22.1 Å². The molecule has 2 nitrogen and oxygen atoms in total. The van der Waals surface area contributed by atoms with Gasteiger partial charge < -0.3 is 4.74 Å². The molecule has 1 heterocycles. The van der Waals surface area contributed by atoms with Gasteiger partial charge in [-0.2, -0.15) is 11.8 Å². The van der Waals surface area contributed by atoms with E-state index in [1.807, 2.05) is 48.2 Å². The van der Waals surface area contributed by atoms with E-state index in [0.29, 0.717) is 12.5 Å². The summed E-state index contributed by atoms with van der Waals surface area (Å²) in [7, 11) is 0. The monoisotopic (exact) mass is 291 g/mol. The Morgan fingerprint density at radius 1 is 1.00 bits per heavy atom. The molecule has 0 N–H and O–H groups in total. The third kappa shape index (κ3) is 5.17. The van der Waals surface area contributed by atoms with Crippen molar-refractivity contribution in [1.82, 2.24) is 4.98 Å². The summed E-state index contributed by atoms with van der Waals surface area (Å²) in [5.41, 5.74) is 1.16. The van der Waals surface area contributed by atoms with Crippen LogP contribution in [-0.2, 0) is 6.61 Å². The van der Waals surface area contributed by atoms with Gasteiger partial charge in [0.15, 0.2) is 0 Å². The third-order valence-electron chi connectivity index (χ3n) is 2.46. The maximum atomic E-state index is 5.71. The van der Waals surface area contributed by atoms with Gasteiger partial charge in [0.05, 0.1) is 0 Å². The SMILES string of the molecule is CSCCSc1cccc(OCc2ccccc2)n1. The molecule has 0 bridgehead atoms. The van der Waals surface area contributed by atoms with E-state index in [1.165, 1.54) is 0 Å². The van der Waals surface area contributed by atoms with Crippen molar-refractivity contribution in [2.45, 2.75) is 11.6 Å². The van der Waals surface area contributed by atoms with E-state index >= 15 is 0 Å². The molecule has 0 radical (unpaired) electrons. The number of hydrogen-bond donors (Lipinski definition) is 0. The minimum absolute atomic E-state index is 0.562. The van der Waals surface area contributed by atoms with Gasteiger partial charge >= 0.3 is 0 Å². The smallest absolute Gasteiger partial charge is 0.214 e. The average Bonchev–Trinajstić information content (AvgIpc) is 2.47. The van der Waals surface area contributed by atoms with Crippen molar-refractivity contribution in [1.29, 1.82) is 0 Å². The summed E-state index contributed by atoms with van der Waals surface area (Å²) in [4.78, 5) is 4.49. The molecular formula is C15H17NOS2. The first-order chi connectivity index (χ1) is 9.38. The van der Waals surface area contributed by atoms with Crippen LogP contribution in [0, 0.1) is 0 Å². The normalized spacial score (nSPS) is 10.4. The number of ether oxygens (including phenoxy) is 1. The Labute approximate surface area is 123 Å². The van der Waals surface area contributed by atoms with Crippen molar-refractivity contribution in [3.05, 3.63) is 54.1 Å². The Hall–Kier alpha value is -1.13. The molecule has 0 spiro atoms. The van der Waals surface area contributed by atoms with Crippen LogP contribution >= 0.6 is 23.5 Å². The highest BCUT2D eigenvalue weighted by Gasteiger charge is 2.00. The molecule has 0 saturated heterocycles. The molecular weight excluding hydrogens is 274 g/mol. The van der Waals surface area contributed by atoms with Gasteiger partial charge in [0, 0.05) is 17.6 Å². The molecule has 0 aliphatic rings. The first kappa shape index (κ1) is 14.3. The lowest BCUT2D eigenvalue weighted by Crippen LogP contribution is -1.97. The second-order valence-electron chi connectivity index (χ2n) is 3.93. The van der Waals surface area contributed by atoms with Crippen LogP contribution in [0.1, 0.15) is 5.56 Å². The highest BCUT2D eigenvalue weighted by atomic mass is 32.2. The lowest BCUT2D eigenvalue weighted by atomic mass is 10.2. The molecule has 0 aliphatic heterocycles. The molecule has 4 heteroatoms. The van der Waals surface area contributed by atoms with Crippen LogP contribution in [0.3, 0.4) is 0 Å². The Balaban J connectivity index is 1.88. The predicted molar refractivity (Wildman–Crippen MR) is 84.1 cm³/mol. The summed E-state index contributed by atoms with van der Waals surface area (Å²) >= 11 is 3.62. The van der Waals surface area contributed by atoms with Crippen molar-refractivity contribution >= 4 is 23.5 Å². The van der Waals surface area contributed by atoms with Gasteiger partial charge in [-0.25, -0.2) is 4.98 Å². The van der Waals surface area contributed by atoms with Crippen molar-refractivity contribution in [3.8, 4) is 5.88 Å². The van der Waals surface area contributed by atoms with E-state index in [1.54, 1.807) is 11.8 Å². The summed E-state index contributed by atoms with van der Waals surface area (Å²) in [6, 6.07) is 16.1. The van der Waals surface area contributed by atoms with E-state index in [2.05, 4.69) is 23.4 Å². The van der Waals surface area contributed by atoms with Gasteiger partial charge in [0.25, 0.3) is 0 Å². The average molecular weight is 291 g/mol. The fraction of sp³-hybridized carbons (Fsp3) is 0.267. The van der Waals surface area contributed by atoms with Crippen LogP contribution in [0.5, 0.6) is 5.88 Å². The Kier molecular flexibility index (Phi) is 6.11. The van der Waals surface area contributed by atoms with Crippen molar-refractivity contribution in [2.24, 2.45) is 0 Å². The van der Waals surface area contributed by atoms with E-state index in [-0.39, 0.29) is 0 Å². The van der Waals surface area contributed by atoms with Gasteiger partial charge in [0.1, 0.15) is 11.6 Å². The van der Waals surface area contributed by atoms with Crippen molar-refractivity contribution < 1.29 is 4.74 Å². The van der Waals surface area contributed by atoms with Crippen LogP contribution < -0.4 is 4.74 Å².